The van der Waals surface area contributed by atoms with E-state index in [1.807, 2.05) is 0 Å². The van der Waals surface area contributed by atoms with Crippen molar-refractivity contribution >= 4 is 43.1 Å². The molecule has 0 aromatic heterocycles. The zero-order valence-corrected chi connectivity index (χ0v) is 23.2. The van der Waals surface area contributed by atoms with Crippen LogP contribution in [0, 0.1) is 0 Å². The maximum Gasteiger partial charge on any atom is 0.0512 e. The first-order valence-corrected chi connectivity index (χ1v) is 14.5. The normalized spacial score (nSPS) is 12.0. The molecule has 0 fully saturated rings. The van der Waals surface area contributed by atoms with Crippen molar-refractivity contribution in [1.29, 1.82) is 0 Å². The second-order valence-electron chi connectivity index (χ2n) is 10.8. The van der Waals surface area contributed by atoms with Crippen molar-refractivity contribution < 1.29 is 0 Å². The molecule has 6 rings (SSSR count). The Morgan fingerprint density at radius 3 is 1.05 bits per heavy atom. The summed E-state index contributed by atoms with van der Waals surface area (Å²) >= 11 is 0. The predicted octanol–water partition coefficient (Wildman–Crippen LogP) is 9.38. The largest absolute Gasteiger partial charge is 0.286 e. The molecule has 196 valence electrons. The first-order chi connectivity index (χ1) is 19.2. The number of benzene rings is 6. The molecule has 0 radical (unpaired) electrons. The van der Waals surface area contributed by atoms with Crippen molar-refractivity contribution in [2.45, 2.75) is 39.8 Å². The smallest absolute Gasteiger partial charge is 0.0512 e. The lowest BCUT2D eigenvalue weighted by Gasteiger charge is -2.31. The molecule has 0 aliphatic carbocycles. The van der Waals surface area contributed by atoms with Crippen molar-refractivity contribution in [2.75, 3.05) is 19.8 Å². The second-order valence-corrected chi connectivity index (χ2v) is 10.8. The zero-order chi connectivity index (χ0) is 26.6. The SMILES string of the molecule is CCCN(Cc1c2ccccc2cc2ccccc12)CN(CCC)Cc1c2ccccc2cc2ccccc12. The topological polar surface area (TPSA) is 6.48 Å². The van der Waals surface area contributed by atoms with E-state index in [1.54, 1.807) is 0 Å². The Bertz CT molecular complexity index is 1500. The van der Waals surface area contributed by atoms with Gasteiger partial charge in [0.05, 0.1) is 6.67 Å². The first kappa shape index (κ1) is 25.6. The van der Waals surface area contributed by atoms with E-state index in [2.05, 4.69) is 133 Å². The second kappa shape index (κ2) is 11.6. The lowest BCUT2D eigenvalue weighted by molar-refractivity contribution is 0.120. The number of rotatable bonds is 10. The summed E-state index contributed by atoms with van der Waals surface area (Å²) in [4.78, 5) is 5.33. The molecule has 0 saturated carbocycles. The van der Waals surface area contributed by atoms with E-state index in [0.29, 0.717) is 0 Å². The van der Waals surface area contributed by atoms with Crippen LogP contribution in [0.4, 0.5) is 0 Å². The van der Waals surface area contributed by atoms with Gasteiger partial charge in [0.25, 0.3) is 0 Å². The summed E-state index contributed by atoms with van der Waals surface area (Å²) in [6.45, 7) is 9.62. The molecule has 0 saturated heterocycles. The minimum Gasteiger partial charge on any atom is -0.286 e. The predicted molar refractivity (Wildman–Crippen MR) is 169 cm³/mol. The van der Waals surface area contributed by atoms with E-state index in [-0.39, 0.29) is 0 Å². The third kappa shape index (κ3) is 5.28. The van der Waals surface area contributed by atoms with Crippen LogP contribution in [0.3, 0.4) is 0 Å². The molecule has 0 spiro atoms. The van der Waals surface area contributed by atoms with Crippen molar-refractivity contribution in [3.63, 3.8) is 0 Å². The summed E-state index contributed by atoms with van der Waals surface area (Å²) in [5.74, 6) is 0. The Labute approximate surface area is 232 Å². The molecule has 0 bridgehead atoms. The van der Waals surface area contributed by atoms with Crippen LogP contribution in [0.5, 0.6) is 0 Å². The van der Waals surface area contributed by atoms with Gasteiger partial charge in [-0.15, -0.1) is 0 Å². The standard InChI is InChI=1S/C37H38N2/c1-3-21-38(25-36-32-17-9-5-13-28(32)23-29-14-6-10-18-33(29)36)27-39(22-4-2)26-37-34-19-11-7-15-30(34)24-31-16-8-12-20-35(31)37/h5-20,23-24H,3-4,21-22,25-27H2,1-2H3. The van der Waals surface area contributed by atoms with Gasteiger partial charge in [-0.3, -0.25) is 9.80 Å². The molecule has 0 aliphatic heterocycles. The van der Waals surface area contributed by atoms with Gasteiger partial charge in [0.1, 0.15) is 0 Å². The van der Waals surface area contributed by atoms with Gasteiger partial charge in [-0.05, 0) is 92.3 Å². The van der Waals surface area contributed by atoms with Gasteiger partial charge in [0.15, 0.2) is 0 Å². The first-order valence-electron chi connectivity index (χ1n) is 14.5. The van der Waals surface area contributed by atoms with Crippen LogP contribution < -0.4 is 0 Å². The van der Waals surface area contributed by atoms with Gasteiger partial charge in [-0.2, -0.15) is 0 Å². The fraction of sp³-hybridized carbons (Fsp3) is 0.243. The van der Waals surface area contributed by atoms with Crippen molar-refractivity contribution in [1.82, 2.24) is 9.80 Å². The molecule has 6 aromatic carbocycles. The lowest BCUT2D eigenvalue weighted by atomic mass is 9.96. The number of hydrogen-bond donors (Lipinski definition) is 0. The summed E-state index contributed by atoms with van der Waals surface area (Å²) in [7, 11) is 0. The maximum atomic E-state index is 2.66. The molecule has 39 heavy (non-hydrogen) atoms. The average Bonchev–Trinajstić information content (AvgIpc) is 2.97. The molecule has 0 unspecified atom stereocenters. The van der Waals surface area contributed by atoms with Crippen LogP contribution in [0.1, 0.15) is 37.8 Å². The van der Waals surface area contributed by atoms with Crippen LogP contribution >= 0.6 is 0 Å². The van der Waals surface area contributed by atoms with E-state index in [4.69, 9.17) is 0 Å². The van der Waals surface area contributed by atoms with Crippen LogP contribution in [-0.2, 0) is 13.1 Å². The fourth-order valence-electron chi connectivity index (χ4n) is 6.32. The molecule has 2 nitrogen and oxygen atoms in total. The molecule has 2 heteroatoms. The molecular weight excluding hydrogens is 472 g/mol. The van der Waals surface area contributed by atoms with Gasteiger partial charge in [0.2, 0.25) is 0 Å². The molecule has 0 N–H and O–H groups in total. The third-order valence-corrected chi connectivity index (χ3v) is 8.01. The third-order valence-electron chi connectivity index (χ3n) is 8.01. The Morgan fingerprint density at radius 2 is 0.744 bits per heavy atom. The average molecular weight is 511 g/mol. The monoisotopic (exact) mass is 510 g/mol. The number of nitrogens with zero attached hydrogens (tertiary/aromatic N) is 2. The molecule has 0 amide bonds. The number of fused-ring (bicyclic) bond motifs is 4. The van der Waals surface area contributed by atoms with Crippen molar-refractivity contribution in [2.24, 2.45) is 0 Å². The van der Waals surface area contributed by atoms with Crippen LogP contribution in [0.15, 0.2) is 109 Å². The van der Waals surface area contributed by atoms with Gasteiger partial charge >= 0.3 is 0 Å². The van der Waals surface area contributed by atoms with E-state index in [1.165, 1.54) is 54.2 Å². The summed E-state index contributed by atoms with van der Waals surface area (Å²) < 4.78 is 0. The highest BCUT2D eigenvalue weighted by Crippen LogP contribution is 2.31. The Hall–Kier alpha value is -3.72. The van der Waals surface area contributed by atoms with Gasteiger partial charge in [0, 0.05) is 13.1 Å². The highest BCUT2D eigenvalue weighted by Gasteiger charge is 2.17. The van der Waals surface area contributed by atoms with Gasteiger partial charge < -0.3 is 0 Å². The molecule has 0 aliphatic rings. The summed E-state index contributed by atoms with van der Waals surface area (Å²) in [5.41, 5.74) is 2.90. The highest BCUT2D eigenvalue weighted by molar-refractivity contribution is 6.03. The summed E-state index contributed by atoms with van der Waals surface area (Å²) in [6.07, 6.45) is 2.28. The van der Waals surface area contributed by atoms with E-state index >= 15 is 0 Å². The maximum absolute atomic E-state index is 2.66. The Kier molecular flexibility index (Phi) is 7.58. The summed E-state index contributed by atoms with van der Waals surface area (Å²) in [5, 5.41) is 10.8. The lowest BCUT2D eigenvalue weighted by Crippen LogP contribution is -2.38. The zero-order valence-electron chi connectivity index (χ0n) is 23.2. The number of hydrogen-bond acceptors (Lipinski definition) is 2. The van der Waals surface area contributed by atoms with Crippen LogP contribution in [0.25, 0.3) is 43.1 Å². The molecular formula is C37H38N2. The van der Waals surface area contributed by atoms with E-state index in [9.17, 15) is 0 Å². The quantitative estimate of drug-likeness (QED) is 0.134. The van der Waals surface area contributed by atoms with Crippen molar-refractivity contribution in [3.8, 4) is 0 Å². The molecule has 0 atom stereocenters. The molecule has 0 heterocycles. The van der Waals surface area contributed by atoms with Crippen LogP contribution in [0.2, 0.25) is 0 Å². The molecule has 6 aromatic rings. The van der Waals surface area contributed by atoms with E-state index < -0.39 is 0 Å². The van der Waals surface area contributed by atoms with Gasteiger partial charge in [-0.1, -0.05) is 111 Å². The minimum absolute atomic E-state index is 0.951. The Balaban J connectivity index is 1.37. The Morgan fingerprint density at radius 1 is 0.436 bits per heavy atom. The van der Waals surface area contributed by atoms with Gasteiger partial charge in [-0.25, -0.2) is 0 Å². The highest BCUT2D eigenvalue weighted by atomic mass is 15.3. The fourth-order valence-corrected chi connectivity index (χ4v) is 6.32. The minimum atomic E-state index is 0.951. The summed E-state index contributed by atoms with van der Waals surface area (Å²) in [6, 6.07) is 40.2. The van der Waals surface area contributed by atoms with Crippen molar-refractivity contribution in [3.05, 3.63) is 120 Å². The van der Waals surface area contributed by atoms with E-state index in [0.717, 1.165) is 45.7 Å². The van der Waals surface area contributed by atoms with Crippen LogP contribution in [-0.4, -0.2) is 29.6 Å².